The van der Waals surface area contributed by atoms with Gasteiger partial charge in [0, 0.05) is 18.7 Å². The Kier molecular flexibility index (Phi) is 6.06. The highest BCUT2D eigenvalue weighted by Crippen LogP contribution is 2.28. The van der Waals surface area contributed by atoms with Gasteiger partial charge in [0.15, 0.2) is 0 Å². The molecule has 1 aromatic heterocycles. The minimum absolute atomic E-state index is 0.0626. The lowest BCUT2D eigenvalue weighted by molar-refractivity contribution is -0.134. The fourth-order valence-electron chi connectivity index (χ4n) is 3.44. The van der Waals surface area contributed by atoms with Gasteiger partial charge in [-0.05, 0) is 38.0 Å². The van der Waals surface area contributed by atoms with Crippen LogP contribution in [0.1, 0.15) is 64.0 Å². The number of hydrogen-bond donors (Lipinski definition) is 2. The lowest BCUT2D eigenvalue weighted by atomic mass is 9.84. The summed E-state index contributed by atoms with van der Waals surface area (Å²) < 4.78 is 7.89. The number of ether oxygens (including phenoxy) is 1. The summed E-state index contributed by atoms with van der Waals surface area (Å²) in [5.41, 5.74) is 0.997. The summed E-state index contributed by atoms with van der Waals surface area (Å²) in [4.78, 5) is 12.1. The van der Waals surface area contributed by atoms with E-state index in [0.29, 0.717) is 5.92 Å². The summed E-state index contributed by atoms with van der Waals surface area (Å²) in [5.74, 6) is 0.665. The fraction of sp³-hybridized carbons (Fsp3) is 0.833. The molecule has 7 nitrogen and oxygen atoms in total. The molecule has 0 bridgehead atoms. The van der Waals surface area contributed by atoms with Crippen molar-refractivity contribution in [2.45, 2.75) is 83.1 Å². The SMILES string of the molecule is CC(C)c1cn(CC[C@@H]2CC[C@@H](NC(=O)C3CCC3)[C@H](CO)O2)nn1. The first-order valence-corrected chi connectivity index (χ1v) is 9.53. The maximum atomic E-state index is 12.1. The molecule has 25 heavy (non-hydrogen) atoms. The molecule has 2 aliphatic rings. The summed E-state index contributed by atoms with van der Waals surface area (Å²) in [6, 6.07) is -0.0757. The predicted octanol–water partition coefficient (Wildman–Crippen LogP) is 1.62. The van der Waals surface area contributed by atoms with E-state index in [1.165, 1.54) is 0 Å². The Morgan fingerprint density at radius 3 is 2.80 bits per heavy atom. The van der Waals surface area contributed by atoms with Crippen molar-refractivity contribution in [3.8, 4) is 0 Å². The molecular weight excluding hydrogens is 320 g/mol. The molecule has 1 saturated heterocycles. The first-order chi connectivity index (χ1) is 12.1. The van der Waals surface area contributed by atoms with Gasteiger partial charge in [0.1, 0.15) is 6.10 Å². The molecule has 1 aromatic rings. The average Bonchev–Trinajstić information content (AvgIpc) is 3.01. The molecule has 3 rings (SSSR count). The van der Waals surface area contributed by atoms with E-state index in [1.807, 2.05) is 10.9 Å². The smallest absolute Gasteiger partial charge is 0.223 e. The van der Waals surface area contributed by atoms with Crippen molar-refractivity contribution in [3.63, 3.8) is 0 Å². The Hall–Kier alpha value is -1.47. The molecule has 1 saturated carbocycles. The van der Waals surface area contributed by atoms with Crippen molar-refractivity contribution in [2.24, 2.45) is 5.92 Å². The van der Waals surface area contributed by atoms with E-state index in [-0.39, 0.29) is 36.7 Å². The number of aliphatic hydroxyl groups excluding tert-OH is 1. The Morgan fingerprint density at radius 2 is 2.20 bits per heavy atom. The van der Waals surface area contributed by atoms with Crippen LogP contribution < -0.4 is 5.32 Å². The number of rotatable bonds is 7. The van der Waals surface area contributed by atoms with Gasteiger partial charge in [-0.2, -0.15) is 0 Å². The van der Waals surface area contributed by atoms with Gasteiger partial charge in [0.05, 0.1) is 24.4 Å². The summed E-state index contributed by atoms with van der Waals surface area (Å²) in [7, 11) is 0. The maximum Gasteiger partial charge on any atom is 0.223 e. The largest absolute Gasteiger partial charge is 0.394 e. The number of hydrogen-bond acceptors (Lipinski definition) is 5. The highest BCUT2D eigenvalue weighted by atomic mass is 16.5. The van der Waals surface area contributed by atoms with E-state index >= 15 is 0 Å². The minimum Gasteiger partial charge on any atom is -0.394 e. The molecule has 0 spiro atoms. The molecular formula is C18H30N4O3. The zero-order valence-electron chi connectivity index (χ0n) is 15.2. The lowest BCUT2D eigenvalue weighted by Gasteiger charge is -2.37. The molecule has 1 amide bonds. The normalized spacial score (nSPS) is 27.3. The van der Waals surface area contributed by atoms with E-state index in [4.69, 9.17) is 4.74 Å². The van der Waals surface area contributed by atoms with Crippen LogP contribution in [0, 0.1) is 5.92 Å². The standard InChI is InChI=1S/C18H30N4O3/c1-12(2)16-10-22(21-20-16)9-8-14-6-7-15(17(11-23)25-14)19-18(24)13-4-3-5-13/h10,12-15,17,23H,3-9,11H2,1-2H3,(H,19,24)/t14-,15+,17-/m0/s1. The minimum atomic E-state index is -0.315. The molecule has 2 fully saturated rings. The molecule has 1 aliphatic carbocycles. The van der Waals surface area contributed by atoms with Gasteiger partial charge in [-0.15, -0.1) is 5.10 Å². The third kappa shape index (κ3) is 4.58. The van der Waals surface area contributed by atoms with E-state index in [9.17, 15) is 9.90 Å². The van der Waals surface area contributed by atoms with Crippen molar-refractivity contribution >= 4 is 5.91 Å². The van der Waals surface area contributed by atoms with Crippen molar-refractivity contribution in [1.82, 2.24) is 20.3 Å². The Balaban J connectivity index is 1.46. The van der Waals surface area contributed by atoms with Gasteiger partial charge in [0.25, 0.3) is 0 Å². The van der Waals surface area contributed by atoms with Crippen molar-refractivity contribution in [3.05, 3.63) is 11.9 Å². The zero-order valence-corrected chi connectivity index (χ0v) is 15.2. The second-order valence-corrected chi connectivity index (χ2v) is 7.65. The highest BCUT2D eigenvalue weighted by molar-refractivity contribution is 5.79. The molecule has 2 heterocycles. The van der Waals surface area contributed by atoms with Crippen molar-refractivity contribution in [2.75, 3.05) is 6.61 Å². The average molecular weight is 350 g/mol. The number of nitrogens with one attached hydrogen (secondary N) is 1. The maximum absolute atomic E-state index is 12.1. The van der Waals surface area contributed by atoms with Gasteiger partial charge >= 0.3 is 0 Å². The van der Waals surface area contributed by atoms with Crippen LogP contribution >= 0.6 is 0 Å². The first kappa shape index (κ1) is 18.3. The Labute approximate surface area is 149 Å². The number of amides is 1. The van der Waals surface area contributed by atoms with E-state index < -0.39 is 0 Å². The van der Waals surface area contributed by atoms with Gasteiger partial charge in [-0.1, -0.05) is 25.5 Å². The fourth-order valence-corrected chi connectivity index (χ4v) is 3.44. The first-order valence-electron chi connectivity index (χ1n) is 9.53. The van der Waals surface area contributed by atoms with Crippen LogP contribution in [-0.4, -0.2) is 50.9 Å². The summed E-state index contributed by atoms with van der Waals surface area (Å²) in [5, 5.41) is 21.1. The number of aromatic nitrogens is 3. The van der Waals surface area contributed by atoms with Gasteiger partial charge in [0.2, 0.25) is 5.91 Å². The van der Waals surface area contributed by atoms with Gasteiger partial charge in [-0.3, -0.25) is 9.48 Å². The van der Waals surface area contributed by atoms with E-state index in [0.717, 1.165) is 50.8 Å². The molecule has 1 aliphatic heterocycles. The molecule has 0 radical (unpaired) electrons. The Bertz CT molecular complexity index is 570. The van der Waals surface area contributed by atoms with Crippen LogP contribution in [0.4, 0.5) is 0 Å². The molecule has 7 heteroatoms. The second kappa shape index (κ2) is 8.27. The Morgan fingerprint density at radius 1 is 1.40 bits per heavy atom. The third-order valence-electron chi connectivity index (χ3n) is 5.43. The van der Waals surface area contributed by atoms with Crippen LogP contribution in [0.2, 0.25) is 0 Å². The van der Waals surface area contributed by atoms with Crippen LogP contribution in [-0.2, 0) is 16.1 Å². The number of aliphatic hydroxyl groups is 1. The van der Waals surface area contributed by atoms with E-state index in [2.05, 4.69) is 29.5 Å². The highest BCUT2D eigenvalue weighted by Gasteiger charge is 2.34. The molecule has 3 atom stereocenters. The van der Waals surface area contributed by atoms with Crippen LogP contribution in [0.3, 0.4) is 0 Å². The predicted molar refractivity (Wildman–Crippen MR) is 93.0 cm³/mol. The van der Waals surface area contributed by atoms with Crippen LogP contribution in [0.15, 0.2) is 6.20 Å². The summed E-state index contributed by atoms with van der Waals surface area (Å²) >= 11 is 0. The quantitative estimate of drug-likeness (QED) is 0.780. The van der Waals surface area contributed by atoms with Crippen LogP contribution in [0.5, 0.6) is 0 Å². The van der Waals surface area contributed by atoms with E-state index in [1.54, 1.807) is 0 Å². The van der Waals surface area contributed by atoms with Gasteiger partial charge < -0.3 is 15.2 Å². The second-order valence-electron chi connectivity index (χ2n) is 7.65. The number of aryl methyl sites for hydroxylation is 1. The van der Waals surface area contributed by atoms with Crippen molar-refractivity contribution < 1.29 is 14.6 Å². The summed E-state index contributed by atoms with van der Waals surface area (Å²) in [6.07, 6.45) is 7.45. The van der Waals surface area contributed by atoms with Crippen LogP contribution in [0.25, 0.3) is 0 Å². The topological polar surface area (TPSA) is 89.3 Å². The van der Waals surface area contributed by atoms with Gasteiger partial charge in [-0.25, -0.2) is 0 Å². The summed E-state index contributed by atoms with van der Waals surface area (Å²) in [6.45, 7) is 4.89. The molecule has 140 valence electrons. The molecule has 0 unspecified atom stereocenters. The third-order valence-corrected chi connectivity index (χ3v) is 5.43. The van der Waals surface area contributed by atoms with Crippen molar-refractivity contribution in [1.29, 1.82) is 0 Å². The zero-order chi connectivity index (χ0) is 17.8. The molecule has 2 N–H and O–H groups in total. The monoisotopic (exact) mass is 350 g/mol. The lowest BCUT2D eigenvalue weighted by Crippen LogP contribution is -2.52. The number of carbonyl (C=O) groups excluding carboxylic acids is 1. The number of carbonyl (C=O) groups is 1. The molecule has 0 aromatic carbocycles. The number of nitrogens with zero attached hydrogens (tertiary/aromatic N) is 3.